The second kappa shape index (κ2) is 10.3. The van der Waals surface area contributed by atoms with Crippen LogP contribution in [0.2, 0.25) is 0 Å². The highest BCUT2D eigenvalue weighted by Gasteiger charge is 2.18. The molecular weight excluding hydrogens is 386 g/mol. The molecule has 162 valence electrons. The van der Waals surface area contributed by atoms with Gasteiger partial charge >= 0.3 is 0 Å². The van der Waals surface area contributed by atoms with Gasteiger partial charge in [-0.05, 0) is 56.6 Å². The summed E-state index contributed by atoms with van der Waals surface area (Å²) in [7, 11) is 0. The molecular formula is C26H31N3O2. The Morgan fingerprint density at radius 2 is 1.90 bits per heavy atom. The molecule has 2 aromatic carbocycles. The largest absolute Gasteiger partial charge is 0.488 e. The second-order valence-corrected chi connectivity index (χ2v) is 7.98. The zero-order valence-corrected chi connectivity index (χ0v) is 18.2. The predicted molar refractivity (Wildman–Crippen MR) is 126 cm³/mol. The van der Waals surface area contributed by atoms with Crippen molar-refractivity contribution in [3.8, 4) is 5.75 Å². The monoisotopic (exact) mass is 417 g/mol. The number of carbonyl (C=O) groups excluding carboxylic acids is 1. The van der Waals surface area contributed by atoms with Crippen molar-refractivity contribution in [3.63, 3.8) is 0 Å². The Morgan fingerprint density at radius 3 is 2.68 bits per heavy atom. The number of nitrogens with zero attached hydrogens (tertiary/aromatic N) is 2. The Hall–Kier alpha value is -3.05. The molecule has 0 unspecified atom stereocenters. The van der Waals surface area contributed by atoms with Crippen LogP contribution in [0.25, 0.3) is 10.9 Å². The van der Waals surface area contributed by atoms with Gasteiger partial charge in [0.2, 0.25) is 0 Å². The SMILES string of the molecule is C/C=C\Cn1c(C(=O)NCCN2CCCC2)cc2c(OCc3ccccc3)cccc21. The normalized spacial score (nSPS) is 14.5. The first kappa shape index (κ1) is 21.2. The number of fused-ring (bicyclic) bond motifs is 1. The lowest BCUT2D eigenvalue weighted by Crippen LogP contribution is -2.34. The molecule has 1 saturated heterocycles. The maximum atomic E-state index is 13.0. The minimum atomic E-state index is -0.0334. The van der Waals surface area contributed by atoms with Gasteiger partial charge in [0.25, 0.3) is 5.91 Å². The molecule has 1 aliphatic heterocycles. The Kier molecular flexibility index (Phi) is 7.05. The van der Waals surface area contributed by atoms with E-state index >= 15 is 0 Å². The Morgan fingerprint density at radius 1 is 1.10 bits per heavy atom. The van der Waals surface area contributed by atoms with Gasteiger partial charge in [-0.3, -0.25) is 4.79 Å². The van der Waals surface area contributed by atoms with Gasteiger partial charge in [0.05, 0.1) is 5.52 Å². The van der Waals surface area contributed by atoms with Crippen molar-refractivity contribution in [1.82, 2.24) is 14.8 Å². The molecule has 0 aliphatic carbocycles. The topological polar surface area (TPSA) is 46.5 Å². The number of nitrogens with one attached hydrogen (secondary N) is 1. The van der Waals surface area contributed by atoms with E-state index in [0.717, 1.165) is 41.9 Å². The van der Waals surface area contributed by atoms with Gasteiger partial charge in [-0.15, -0.1) is 0 Å². The van der Waals surface area contributed by atoms with Crippen molar-refractivity contribution >= 4 is 16.8 Å². The van der Waals surface area contributed by atoms with E-state index in [-0.39, 0.29) is 5.91 Å². The summed E-state index contributed by atoms with van der Waals surface area (Å²) in [5.74, 6) is 0.764. The smallest absolute Gasteiger partial charge is 0.268 e. The third kappa shape index (κ3) is 5.17. The second-order valence-electron chi connectivity index (χ2n) is 7.98. The van der Waals surface area contributed by atoms with E-state index in [9.17, 15) is 4.79 Å². The quantitative estimate of drug-likeness (QED) is 0.517. The van der Waals surface area contributed by atoms with E-state index in [1.807, 2.05) is 49.4 Å². The van der Waals surface area contributed by atoms with Crippen molar-refractivity contribution in [2.24, 2.45) is 0 Å². The minimum absolute atomic E-state index is 0.0334. The molecule has 0 atom stereocenters. The van der Waals surface area contributed by atoms with Crippen molar-refractivity contribution in [3.05, 3.63) is 78.0 Å². The number of ether oxygens (including phenoxy) is 1. The zero-order valence-electron chi connectivity index (χ0n) is 18.2. The number of aromatic nitrogens is 1. The van der Waals surface area contributed by atoms with Crippen LogP contribution in [0.1, 0.15) is 35.8 Å². The van der Waals surface area contributed by atoms with Crippen LogP contribution in [0, 0.1) is 0 Å². The lowest BCUT2D eigenvalue weighted by Gasteiger charge is -2.15. The molecule has 31 heavy (non-hydrogen) atoms. The molecule has 0 saturated carbocycles. The molecule has 1 aliphatic rings. The number of likely N-dealkylation sites (tertiary alicyclic amines) is 1. The lowest BCUT2D eigenvalue weighted by atomic mass is 10.2. The minimum Gasteiger partial charge on any atom is -0.488 e. The number of hydrogen-bond acceptors (Lipinski definition) is 3. The van der Waals surface area contributed by atoms with Gasteiger partial charge in [0.15, 0.2) is 0 Å². The lowest BCUT2D eigenvalue weighted by molar-refractivity contribution is 0.0941. The molecule has 2 heterocycles. The molecule has 1 amide bonds. The van der Waals surface area contributed by atoms with Gasteiger partial charge in [-0.25, -0.2) is 0 Å². The van der Waals surface area contributed by atoms with Crippen molar-refractivity contribution in [2.45, 2.75) is 32.9 Å². The standard InChI is InChI=1S/C26H31N3O2/c1-2-3-17-29-23-12-9-13-25(31-20-21-10-5-4-6-11-21)22(23)19-24(29)26(30)27-14-18-28-15-7-8-16-28/h2-6,9-13,19H,7-8,14-18,20H2,1H3,(H,27,30)/b3-2-. The molecule has 4 rings (SSSR count). The maximum absolute atomic E-state index is 13.0. The summed E-state index contributed by atoms with van der Waals surface area (Å²) < 4.78 is 8.20. The fourth-order valence-corrected chi connectivity index (χ4v) is 4.14. The van der Waals surface area contributed by atoms with Crippen LogP contribution >= 0.6 is 0 Å². The summed E-state index contributed by atoms with van der Waals surface area (Å²) in [6, 6.07) is 18.1. The molecule has 5 heteroatoms. The van der Waals surface area contributed by atoms with Crippen molar-refractivity contribution < 1.29 is 9.53 Å². The number of amides is 1. The summed E-state index contributed by atoms with van der Waals surface area (Å²) in [6.07, 6.45) is 6.60. The zero-order chi connectivity index (χ0) is 21.5. The molecule has 1 fully saturated rings. The van der Waals surface area contributed by atoms with Crippen LogP contribution in [0.15, 0.2) is 66.7 Å². The highest BCUT2D eigenvalue weighted by Crippen LogP contribution is 2.30. The summed E-state index contributed by atoms with van der Waals surface area (Å²) in [5.41, 5.74) is 2.80. The van der Waals surface area contributed by atoms with E-state index in [0.29, 0.717) is 25.4 Å². The third-order valence-electron chi connectivity index (χ3n) is 5.81. The van der Waals surface area contributed by atoms with Crippen LogP contribution < -0.4 is 10.1 Å². The summed E-state index contributed by atoms with van der Waals surface area (Å²) in [5, 5.41) is 4.08. The van der Waals surface area contributed by atoms with E-state index in [4.69, 9.17) is 4.74 Å². The molecule has 0 bridgehead atoms. The molecule has 0 spiro atoms. The molecule has 3 aromatic rings. The summed E-state index contributed by atoms with van der Waals surface area (Å²) in [6.45, 7) is 7.00. The van der Waals surface area contributed by atoms with Crippen molar-refractivity contribution in [1.29, 1.82) is 0 Å². The average molecular weight is 418 g/mol. The fraction of sp³-hybridized carbons (Fsp3) is 0.346. The number of carbonyl (C=O) groups is 1. The van der Waals surface area contributed by atoms with E-state index < -0.39 is 0 Å². The molecule has 0 radical (unpaired) electrons. The predicted octanol–water partition coefficient (Wildman–Crippen LogP) is 4.62. The van der Waals surface area contributed by atoms with E-state index in [1.54, 1.807) is 0 Å². The summed E-state index contributed by atoms with van der Waals surface area (Å²) in [4.78, 5) is 15.5. The maximum Gasteiger partial charge on any atom is 0.268 e. The van der Waals surface area contributed by atoms with Crippen LogP contribution in [0.5, 0.6) is 5.75 Å². The molecule has 1 N–H and O–H groups in total. The fourth-order valence-electron chi connectivity index (χ4n) is 4.14. The van der Waals surface area contributed by atoms with Gasteiger partial charge < -0.3 is 19.5 Å². The average Bonchev–Trinajstić information content (AvgIpc) is 3.45. The third-order valence-corrected chi connectivity index (χ3v) is 5.81. The van der Waals surface area contributed by atoms with Gasteiger partial charge in [-0.1, -0.05) is 48.6 Å². The number of allylic oxidation sites excluding steroid dienone is 2. The van der Waals surface area contributed by atoms with E-state index in [2.05, 4.69) is 39.1 Å². The first-order valence-corrected chi connectivity index (χ1v) is 11.2. The van der Waals surface area contributed by atoms with Gasteiger partial charge in [0, 0.05) is 25.0 Å². The molecule has 5 nitrogen and oxygen atoms in total. The van der Waals surface area contributed by atoms with Crippen LogP contribution in [-0.2, 0) is 13.2 Å². The Labute approximate surface area is 184 Å². The van der Waals surface area contributed by atoms with Crippen LogP contribution in [0.4, 0.5) is 0 Å². The first-order valence-electron chi connectivity index (χ1n) is 11.2. The highest BCUT2D eigenvalue weighted by atomic mass is 16.5. The number of hydrogen-bond donors (Lipinski definition) is 1. The summed E-state index contributed by atoms with van der Waals surface area (Å²) >= 11 is 0. The highest BCUT2D eigenvalue weighted by molar-refractivity contribution is 6.00. The van der Waals surface area contributed by atoms with Gasteiger partial charge in [0.1, 0.15) is 18.1 Å². The van der Waals surface area contributed by atoms with Gasteiger partial charge in [-0.2, -0.15) is 0 Å². The number of benzene rings is 2. The van der Waals surface area contributed by atoms with Crippen LogP contribution in [0.3, 0.4) is 0 Å². The Balaban J connectivity index is 1.55. The molecule has 1 aromatic heterocycles. The number of rotatable bonds is 9. The Bertz CT molecular complexity index is 1030. The van der Waals surface area contributed by atoms with Crippen molar-refractivity contribution in [2.75, 3.05) is 26.2 Å². The van der Waals surface area contributed by atoms with Crippen LogP contribution in [-0.4, -0.2) is 41.6 Å². The first-order chi connectivity index (χ1) is 15.3. The van der Waals surface area contributed by atoms with E-state index in [1.165, 1.54) is 12.8 Å².